The van der Waals surface area contributed by atoms with Crippen LogP contribution in [0.25, 0.3) is 10.9 Å². The standard InChI is InChI=1S/C14H17ClN2/c1-14(2)6-10(16)12-8-4-3-5-9(15)13(8)17-11(12)7-14/h3-5,10,17H,6-7,16H2,1-2H3. The lowest BCUT2D eigenvalue weighted by Gasteiger charge is -2.33. The minimum atomic E-state index is 0.112. The first-order chi connectivity index (χ1) is 7.98. The highest BCUT2D eigenvalue weighted by Gasteiger charge is 2.33. The van der Waals surface area contributed by atoms with Crippen LogP contribution in [0.5, 0.6) is 0 Å². The van der Waals surface area contributed by atoms with E-state index in [0.717, 1.165) is 23.4 Å². The number of aromatic nitrogens is 1. The molecule has 3 N–H and O–H groups in total. The smallest absolute Gasteiger partial charge is 0.0648 e. The van der Waals surface area contributed by atoms with Crippen molar-refractivity contribution in [1.82, 2.24) is 4.98 Å². The molecule has 0 fully saturated rings. The molecule has 0 saturated carbocycles. The molecule has 0 radical (unpaired) electrons. The van der Waals surface area contributed by atoms with E-state index in [1.807, 2.05) is 12.1 Å². The average molecular weight is 249 g/mol. The molecule has 1 atom stereocenters. The van der Waals surface area contributed by atoms with Crippen molar-refractivity contribution in [3.8, 4) is 0 Å². The van der Waals surface area contributed by atoms with Crippen LogP contribution in [0.3, 0.4) is 0 Å². The first-order valence-electron chi connectivity index (χ1n) is 6.02. The normalized spacial score (nSPS) is 22.7. The third kappa shape index (κ3) is 1.67. The summed E-state index contributed by atoms with van der Waals surface area (Å²) in [4.78, 5) is 3.46. The Balaban J connectivity index is 2.28. The number of benzene rings is 1. The molecule has 1 aromatic carbocycles. The van der Waals surface area contributed by atoms with Gasteiger partial charge in [-0.2, -0.15) is 0 Å². The Morgan fingerprint density at radius 3 is 2.94 bits per heavy atom. The lowest BCUT2D eigenvalue weighted by Crippen LogP contribution is -2.29. The molecule has 1 aliphatic rings. The molecule has 0 bridgehead atoms. The summed E-state index contributed by atoms with van der Waals surface area (Å²) in [6.45, 7) is 4.53. The highest BCUT2D eigenvalue weighted by molar-refractivity contribution is 6.35. The monoisotopic (exact) mass is 248 g/mol. The van der Waals surface area contributed by atoms with Crippen molar-refractivity contribution in [1.29, 1.82) is 0 Å². The van der Waals surface area contributed by atoms with Crippen LogP contribution in [-0.2, 0) is 6.42 Å². The maximum Gasteiger partial charge on any atom is 0.0648 e. The Morgan fingerprint density at radius 1 is 1.41 bits per heavy atom. The van der Waals surface area contributed by atoms with Gasteiger partial charge in [0.25, 0.3) is 0 Å². The van der Waals surface area contributed by atoms with Crippen molar-refractivity contribution in [2.45, 2.75) is 32.7 Å². The zero-order valence-corrected chi connectivity index (χ0v) is 10.9. The Morgan fingerprint density at radius 2 is 2.18 bits per heavy atom. The number of hydrogen-bond donors (Lipinski definition) is 2. The van der Waals surface area contributed by atoms with Gasteiger partial charge in [0.2, 0.25) is 0 Å². The summed E-state index contributed by atoms with van der Waals surface area (Å²) in [7, 11) is 0. The van der Waals surface area contributed by atoms with Gasteiger partial charge in [-0.05, 0) is 29.9 Å². The molecule has 2 aromatic rings. The Kier molecular flexibility index (Phi) is 2.29. The van der Waals surface area contributed by atoms with Crippen molar-refractivity contribution < 1.29 is 0 Å². The summed E-state index contributed by atoms with van der Waals surface area (Å²) in [6, 6.07) is 6.13. The van der Waals surface area contributed by atoms with Crippen LogP contribution in [0.15, 0.2) is 18.2 Å². The summed E-state index contributed by atoms with van der Waals surface area (Å²) in [5, 5.41) is 1.97. The summed E-state index contributed by atoms with van der Waals surface area (Å²) in [5.41, 5.74) is 10.1. The summed E-state index contributed by atoms with van der Waals surface area (Å²) >= 11 is 6.22. The maximum absolute atomic E-state index is 6.32. The van der Waals surface area contributed by atoms with Gasteiger partial charge in [-0.15, -0.1) is 0 Å². The Hall–Kier alpha value is -0.990. The molecular formula is C14H17ClN2. The average Bonchev–Trinajstić information content (AvgIpc) is 2.55. The van der Waals surface area contributed by atoms with Crippen LogP contribution >= 0.6 is 11.6 Å². The van der Waals surface area contributed by atoms with E-state index in [9.17, 15) is 0 Å². The third-order valence-electron chi connectivity index (χ3n) is 3.70. The molecular weight excluding hydrogens is 232 g/mol. The highest BCUT2D eigenvalue weighted by Crippen LogP contribution is 2.43. The molecule has 1 heterocycles. The molecule has 1 aliphatic carbocycles. The number of aromatic amines is 1. The van der Waals surface area contributed by atoms with Crippen molar-refractivity contribution in [2.24, 2.45) is 11.1 Å². The van der Waals surface area contributed by atoms with Gasteiger partial charge in [0.1, 0.15) is 0 Å². The molecule has 17 heavy (non-hydrogen) atoms. The van der Waals surface area contributed by atoms with E-state index in [0.29, 0.717) is 0 Å². The maximum atomic E-state index is 6.32. The predicted octanol–water partition coefficient (Wildman–Crippen LogP) is 3.79. The number of fused-ring (bicyclic) bond motifs is 3. The van der Waals surface area contributed by atoms with Crippen molar-refractivity contribution in [3.05, 3.63) is 34.5 Å². The van der Waals surface area contributed by atoms with Crippen molar-refractivity contribution in [2.75, 3.05) is 0 Å². The van der Waals surface area contributed by atoms with Gasteiger partial charge in [-0.1, -0.05) is 37.6 Å². The van der Waals surface area contributed by atoms with Crippen LogP contribution in [0.4, 0.5) is 0 Å². The number of nitrogens with one attached hydrogen (secondary N) is 1. The van der Waals surface area contributed by atoms with E-state index in [-0.39, 0.29) is 11.5 Å². The Labute approximate surface area is 106 Å². The van der Waals surface area contributed by atoms with E-state index >= 15 is 0 Å². The number of rotatable bonds is 0. The number of H-pyrrole nitrogens is 1. The molecule has 2 nitrogen and oxygen atoms in total. The largest absolute Gasteiger partial charge is 0.357 e. The number of hydrogen-bond acceptors (Lipinski definition) is 1. The second-order valence-electron chi connectivity index (χ2n) is 5.83. The van der Waals surface area contributed by atoms with Crippen molar-refractivity contribution in [3.63, 3.8) is 0 Å². The zero-order valence-electron chi connectivity index (χ0n) is 10.2. The van der Waals surface area contributed by atoms with Gasteiger partial charge < -0.3 is 10.7 Å². The fourth-order valence-corrected chi connectivity index (χ4v) is 3.29. The minimum Gasteiger partial charge on any atom is -0.357 e. The molecule has 1 unspecified atom stereocenters. The van der Waals surface area contributed by atoms with Gasteiger partial charge in [0.15, 0.2) is 0 Å². The molecule has 0 saturated heterocycles. The molecule has 3 heteroatoms. The number of para-hydroxylation sites is 1. The van der Waals surface area contributed by atoms with Crippen LogP contribution in [0.2, 0.25) is 5.02 Å². The minimum absolute atomic E-state index is 0.112. The molecule has 0 amide bonds. The third-order valence-corrected chi connectivity index (χ3v) is 4.02. The second kappa shape index (κ2) is 3.50. The van der Waals surface area contributed by atoms with Crippen LogP contribution in [-0.4, -0.2) is 4.98 Å². The summed E-state index contributed by atoms with van der Waals surface area (Å²) in [6.07, 6.45) is 2.07. The van der Waals surface area contributed by atoms with Gasteiger partial charge in [0.05, 0.1) is 10.5 Å². The first kappa shape index (κ1) is 11.1. The zero-order chi connectivity index (χ0) is 12.2. The molecule has 90 valence electrons. The second-order valence-corrected chi connectivity index (χ2v) is 6.24. The lowest BCUT2D eigenvalue weighted by atomic mass is 9.74. The molecule has 1 aromatic heterocycles. The predicted molar refractivity (Wildman–Crippen MR) is 72.3 cm³/mol. The van der Waals surface area contributed by atoms with Crippen LogP contribution in [0.1, 0.15) is 37.6 Å². The van der Waals surface area contributed by atoms with Gasteiger partial charge in [0, 0.05) is 17.1 Å². The van der Waals surface area contributed by atoms with Crippen LogP contribution < -0.4 is 5.73 Å². The summed E-state index contributed by atoms with van der Waals surface area (Å²) in [5.74, 6) is 0. The number of nitrogens with two attached hydrogens (primary N) is 1. The summed E-state index contributed by atoms with van der Waals surface area (Å²) < 4.78 is 0. The van der Waals surface area contributed by atoms with E-state index in [4.69, 9.17) is 17.3 Å². The number of halogens is 1. The highest BCUT2D eigenvalue weighted by atomic mass is 35.5. The van der Waals surface area contributed by atoms with E-state index in [1.54, 1.807) is 0 Å². The first-order valence-corrected chi connectivity index (χ1v) is 6.40. The SMILES string of the molecule is CC1(C)Cc2[nH]c3c(Cl)cccc3c2C(N)C1. The topological polar surface area (TPSA) is 41.8 Å². The van der Waals surface area contributed by atoms with E-state index in [2.05, 4.69) is 24.9 Å². The Bertz CT molecular complexity index is 583. The van der Waals surface area contributed by atoms with E-state index < -0.39 is 0 Å². The molecule has 0 spiro atoms. The van der Waals surface area contributed by atoms with E-state index in [1.165, 1.54) is 16.6 Å². The molecule has 3 rings (SSSR count). The van der Waals surface area contributed by atoms with Crippen LogP contribution in [0, 0.1) is 5.41 Å². The van der Waals surface area contributed by atoms with Gasteiger partial charge >= 0.3 is 0 Å². The quantitative estimate of drug-likeness (QED) is 0.732. The molecule has 0 aliphatic heterocycles. The lowest BCUT2D eigenvalue weighted by molar-refractivity contribution is 0.281. The fraction of sp³-hybridized carbons (Fsp3) is 0.429. The van der Waals surface area contributed by atoms with Crippen molar-refractivity contribution >= 4 is 22.5 Å². The van der Waals surface area contributed by atoms with Gasteiger partial charge in [-0.25, -0.2) is 0 Å². The fourth-order valence-electron chi connectivity index (χ4n) is 3.07. The van der Waals surface area contributed by atoms with Gasteiger partial charge in [-0.3, -0.25) is 0 Å².